The van der Waals surface area contributed by atoms with Gasteiger partial charge in [0.1, 0.15) is 0 Å². The van der Waals surface area contributed by atoms with E-state index in [1.807, 2.05) is 12.1 Å². The molecule has 0 unspecified atom stereocenters. The van der Waals surface area contributed by atoms with Crippen LogP contribution in [0.3, 0.4) is 0 Å². The van der Waals surface area contributed by atoms with Crippen molar-refractivity contribution >= 4 is 0 Å². The molecule has 3 aromatic heterocycles. The van der Waals surface area contributed by atoms with Gasteiger partial charge in [0.15, 0.2) is 0 Å². The first-order valence-electron chi connectivity index (χ1n) is 9.52. The van der Waals surface area contributed by atoms with E-state index in [1.165, 1.54) is 23.4 Å². The Morgan fingerprint density at radius 1 is 1.11 bits per heavy atom. The van der Waals surface area contributed by atoms with Crippen LogP contribution in [0.15, 0.2) is 41.5 Å². The number of nitrogens with one attached hydrogen (secondary N) is 1. The molecule has 1 N–H and O–H groups in total. The maximum atomic E-state index is 12.2. The number of aryl methyl sites for hydroxylation is 1. The molecule has 0 atom stereocenters. The lowest BCUT2D eigenvalue weighted by Gasteiger charge is -2.39. The first-order valence-corrected chi connectivity index (χ1v) is 9.52. The summed E-state index contributed by atoms with van der Waals surface area (Å²) in [5.41, 5.74) is 5.70. The van der Waals surface area contributed by atoms with Crippen LogP contribution in [0.2, 0.25) is 0 Å². The number of fused-ring (bicyclic) bond motifs is 1. The molecule has 0 aromatic carbocycles. The lowest BCUT2D eigenvalue weighted by molar-refractivity contribution is 0.0752. The molecular weight excluding hydrogens is 340 g/mol. The second kappa shape index (κ2) is 6.74. The zero-order valence-electron chi connectivity index (χ0n) is 15.1. The molecule has 1 aliphatic carbocycles. The Labute approximate surface area is 157 Å². The van der Waals surface area contributed by atoms with Gasteiger partial charge < -0.3 is 0 Å². The number of hydrogen-bond acceptors (Lipinski definition) is 5. The van der Waals surface area contributed by atoms with Gasteiger partial charge in [-0.15, -0.1) is 0 Å². The van der Waals surface area contributed by atoms with Crippen molar-refractivity contribution in [3.8, 4) is 11.3 Å². The van der Waals surface area contributed by atoms with E-state index in [2.05, 4.69) is 25.2 Å². The van der Waals surface area contributed by atoms with Crippen molar-refractivity contribution in [1.82, 2.24) is 29.9 Å². The number of rotatable bonds is 5. The van der Waals surface area contributed by atoms with Gasteiger partial charge in [0, 0.05) is 55.3 Å². The minimum absolute atomic E-state index is 0.0450. The Kier molecular flexibility index (Phi) is 4.09. The molecule has 0 amide bonds. The van der Waals surface area contributed by atoms with Crippen molar-refractivity contribution < 1.29 is 0 Å². The van der Waals surface area contributed by atoms with Crippen molar-refractivity contribution in [2.24, 2.45) is 5.92 Å². The van der Waals surface area contributed by atoms with Crippen LogP contribution in [-0.4, -0.2) is 43.0 Å². The van der Waals surface area contributed by atoms with E-state index >= 15 is 0 Å². The number of likely N-dealkylation sites (tertiary alicyclic amines) is 1. The van der Waals surface area contributed by atoms with Crippen LogP contribution in [0.5, 0.6) is 0 Å². The average molecular weight is 362 g/mol. The van der Waals surface area contributed by atoms with Gasteiger partial charge in [0.05, 0.1) is 17.9 Å². The van der Waals surface area contributed by atoms with Crippen molar-refractivity contribution in [1.29, 1.82) is 0 Å². The molecule has 1 saturated heterocycles. The average Bonchev–Trinajstić information content (AvgIpc) is 3.27. The second-order valence-electron chi connectivity index (χ2n) is 7.52. The van der Waals surface area contributed by atoms with Crippen LogP contribution in [0, 0.1) is 5.92 Å². The molecule has 138 valence electrons. The van der Waals surface area contributed by atoms with Gasteiger partial charge in [-0.05, 0) is 43.0 Å². The summed E-state index contributed by atoms with van der Waals surface area (Å²) in [7, 11) is 0. The zero-order chi connectivity index (χ0) is 18.2. The summed E-state index contributed by atoms with van der Waals surface area (Å²) in [6.45, 7) is 3.53. The van der Waals surface area contributed by atoms with Crippen LogP contribution in [-0.2, 0) is 25.9 Å². The highest BCUT2D eigenvalue weighted by Crippen LogP contribution is 2.26. The Bertz CT molecular complexity index is 1000. The molecule has 5 rings (SSSR count). The summed E-state index contributed by atoms with van der Waals surface area (Å²) in [6.07, 6.45) is 7.00. The van der Waals surface area contributed by atoms with Gasteiger partial charge in [-0.3, -0.25) is 19.8 Å². The largest absolute Gasteiger partial charge is 0.297 e. The van der Waals surface area contributed by atoms with Crippen molar-refractivity contribution in [2.75, 3.05) is 13.1 Å². The van der Waals surface area contributed by atoms with Crippen LogP contribution in [0.1, 0.15) is 23.4 Å². The van der Waals surface area contributed by atoms with Gasteiger partial charge in [-0.25, -0.2) is 4.68 Å². The van der Waals surface area contributed by atoms with Gasteiger partial charge in [-0.2, -0.15) is 10.2 Å². The molecule has 3 aromatic rings. The number of H-pyrrole nitrogens is 1. The number of hydrogen-bond donors (Lipinski definition) is 1. The van der Waals surface area contributed by atoms with Crippen LogP contribution >= 0.6 is 0 Å². The van der Waals surface area contributed by atoms with Crippen LogP contribution in [0.25, 0.3) is 11.3 Å². The number of aromatic amines is 1. The van der Waals surface area contributed by atoms with E-state index in [0.29, 0.717) is 12.5 Å². The van der Waals surface area contributed by atoms with Crippen molar-refractivity contribution in [3.63, 3.8) is 0 Å². The van der Waals surface area contributed by atoms with E-state index in [1.54, 1.807) is 29.2 Å². The summed E-state index contributed by atoms with van der Waals surface area (Å²) in [6, 6.07) is 7.20. The van der Waals surface area contributed by atoms with Gasteiger partial charge in [0.2, 0.25) is 0 Å². The van der Waals surface area contributed by atoms with Gasteiger partial charge in [-0.1, -0.05) is 0 Å². The van der Waals surface area contributed by atoms with Crippen LogP contribution < -0.4 is 5.56 Å². The molecular formula is C20H22N6O. The van der Waals surface area contributed by atoms with Gasteiger partial charge in [0.25, 0.3) is 5.56 Å². The van der Waals surface area contributed by atoms with Gasteiger partial charge >= 0.3 is 0 Å². The van der Waals surface area contributed by atoms with Crippen LogP contribution in [0.4, 0.5) is 0 Å². The third kappa shape index (κ3) is 3.19. The number of nitrogens with zero attached hydrogens (tertiary/aromatic N) is 5. The highest BCUT2D eigenvalue weighted by Gasteiger charge is 2.29. The molecule has 0 saturated carbocycles. The summed E-state index contributed by atoms with van der Waals surface area (Å²) in [5, 5.41) is 12.2. The topological polar surface area (TPSA) is 79.7 Å². The Morgan fingerprint density at radius 3 is 2.81 bits per heavy atom. The molecule has 0 spiro atoms. The number of aromatic nitrogens is 5. The van der Waals surface area contributed by atoms with E-state index in [9.17, 15) is 4.79 Å². The van der Waals surface area contributed by atoms with E-state index in [-0.39, 0.29) is 5.56 Å². The molecule has 0 bridgehead atoms. The highest BCUT2D eigenvalue weighted by molar-refractivity contribution is 5.56. The molecule has 27 heavy (non-hydrogen) atoms. The Hall–Kier alpha value is -2.80. The summed E-state index contributed by atoms with van der Waals surface area (Å²) in [5.74, 6) is 0.454. The molecule has 1 fully saturated rings. The molecule has 7 nitrogen and oxygen atoms in total. The Morgan fingerprint density at radius 2 is 1.96 bits per heavy atom. The van der Waals surface area contributed by atoms with Crippen molar-refractivity contribution in [3.05, 3.63) is 64.0 Å². The first kappa shape index (κ1) is 16.4. The fourth-order valence-electron chi connectivity index (χ4n) is 4.15. The zero-order valence-corrected chi connectivity index (χ0v) is 15.1. The quantitative estimate of drug-likeness (QED) is 0.747. The predicted molar refractivity (Wildman–Crippen MR) is 101 cm³/mol. The molecule has 1 aliphatic heterocycles. The summed E-state index contributed by atoms with van der Waals surface area (Å²) >= 11 is 0. The Balaban J connectivity index is 1.23. The fourth-order valence-corrected chi connectivity index (χ4v) is 4.15. The van der Waals surface area contributed by atoms with Crippen molar-refractivity contribution in [2.45, 2.75) is 32.4 Å². The maximum Gasteiger partial charge on any atom is 0.266 e. The minimum Gasteiger partial charge on any atom is -0.297 e. The van der Waals surface area contributed by atoms with E-state index in [4.69, 9.17) is 0 Å². The molecule has 4 heterocycles. The SMILES string of the molecule is O=c1ccc(-c2ccncc2)nn1CC1CN(Cc2n[nH]c3c2CCC3)C1. The third-order valence-corrected chi connectivity index (χ3v) is 5.57. The predicted octanol–water partition coefficient (Wildman–Crippen LogP) is 1.65. The normalized spacial score (nSPS) is 17.0. The molecule has 2 aliphatic rings. The summed E-state index contributed by atoms with van der Waals surface area (Å²) < 4.78 is 1.60. The second-order valence-corrected chi connectivity index (χ2v) is 7.52. The third-order valence-electron chi connectivity index (χ3n) is 5.57. The standard InChI is InChI=1S/C20H22N6O/c27-20-5-4-17(15-6-8-21-9-7-15)24-26(20)12-14-10-25(11-14)13-19-16-2-1-3-18(16)22-23-19/h4-9,14H,1-3,10-13H2,(H,22,23). The highest BCUT2D eigenvalue weighted by atomic mass is 16.1. The number of pyridine rings is 1. The summed E-state index contributed by atoms with van der Waals surface area (Å²) in [4.78, 5) is 18.6. The molecule has 7 heteroatoms. The lowest BCUT2D eigenvalue weighted by atomic mass is 9.99. The first-order chi connectivity index (χ1) is 13.3. The van der Waals surface area contributed by atoms with E-state index < -0.39 is 0 Å². The fraction of sp³-hybridized carbons (Fsp3) is 0.400. The smallest absolute Gasteiger partial charge is 0.266 e. The lowest BCUT2D eigenvalue weighted by Crippen LogP contribution is -2.49. The maximum absolute atomic E-state index is 12.2. The van der Waals surface area contributed by atoms with E-state index in [0.717, 1.165) is 43.7 Å². The monoisotopic (exact) mass is 362 g/mol. The molecule has 0 radical (unpaired) electrons. The minimum atomic E-state index is -0.0450.